The molecular formula is C19H30N4O5. The monoisotopic (exact) mass is 394 g/mol. The average molecular weight is 394 g/mol. The first kappa shape index (κ1) is 23.4. The highest BCUT2D eigenvalue weighted by molar-refractivity contribution is 5.95. The van der Waals surface area contributed by atoms with Crippen molar-refractivity contribution in [2.45, 2.75) is 45.3 Å². The van der Waals surface area contributed by atoms with E-state index in [1.165, 1.54) is 19.5 Å². The van der Waals surface area contributed by atoms with Gasteiger partial charge in [0.15, 0.2) is 5.60 Å². The molecular weight excluding hydrogens is 364 g/mol. The number of hydroxylamine groups is 1. The van der Waals surface area contributed by atoms with E-state index in [4.69, 9.17) is 10.9 Å². The van der Waals surface area contributed by atoms with Crippen molar-refractivity contribution in [3.8, 4) is 0 Å². The maximum Gasteiger partial charge on any atom is 0.253 e. The average Bonchev–Trinajstić information content (AvgIpc) is 2.66. The minimum absolute atomic E-state index is 0.0320. The highest BCUT2D eigenvalue weighted by Crippen LogP contribution is 2.27. The molecule has 0 unspecified atom stereocenters. The topological polar surface area (TPSA) is 154 Å². The first-order chi connectivity index (χ1) is 13.0. The summed E-state index contributed by atoms with van der Waals surface area (Å²) in [6, 6.07) is 5.87. The summed E-state index contributed by atoms with van der Waals surface area (Å²) in [5.41, 5.74) is 6.35. The van der Waals surface area contributed by atoms with E-state index in [0.717, 1.165) is 5.56 Å². The van der Waals surface area contributed by atoms with Gasteiger partial charge in [0.25, 0.3) is 5.91 Å². The molecule has 7 N–H and O–H groups in total. The van der Waals surface area contributed by atoms with E-state index in [1.807, 2.05) is 0 Å². The Labute approximate surface area is 164 Å². The fourth-order valence-electron chi connectivity index (χ4n) is 2.96. The summed E-state index contributed by atoms with van der Waals surface area (Å²) >= 11 is 0. The van der Waals surface area contributed by atoms with Gasteiger partial charge in [0.05, 0.1) is 5.92 Å². The number of carbonyl (C=O) groups is 3. The van der Waals surface area contributed by atoms with E-state index in [-0.39, 0.29) is 18.8 Å². The molecule has 1 aromatic rings. The normalized spacial score (nSPS) is 15.2. The lowest BCUT2D eigenvalue weighted by Crippen LogP contribution is -2.60. The van der Waals surface area contributed by atoms with Crippen LogP contribution in [0.15, 0.2) is 24.3 Å². The SMILES string of the molecule is CNC(=O)[C@H](Cc1ccc(N)cc1)NC(=O)[C@](O)(CC(C)C)[C@H](C)C(=O)NO. The molecule has 0 aliphatic rings. The maximum atomic E-state index is 12.9. The lowest BCUT2D eigenvalue weighted by atomic mass is 9.80. The van der Waals surface area contributed by atoms with Crippen molar-refractivity contribution in [2.24, 2.45) is 11.8 Å². The minimum atomic E-state index is -2.10. The second-order valence-electron chi connectivity index (χ2n) is 7.31. The number of likely N-dealkylation sites (N-methyl/N-ethyl adjacent to an activating group) is 1. The Bertz CT molecular complexity index is 692. The molecule has 3 amide bonds. The largest absolute Gasteiger partial charge is 0.399 e. The zero-order valence-electron chi connectivity index (χ0n) is 16.7. The summed E-state index contributed by atoms with van der Waals surface area (Å²) in [7, 11) is 1.44. The van der Waals surface area contributed by atoms with Gasteiger partial charge < -0.3 is 21.5 Å². The number of nitrogens with one attached hydrogen (secondary N) is 3. The predicted molar refractivity (Wildman–Crippen MR) is 104 cm³/mol. The molecule has 9 nitrogen and oxygen atoms in total. The smallest absolute Gasteiger partial charge is 0.253 e. The highest BCUT2D eigenvalue weighted by Gasteiger charge is 2.46. The van der Waals surface area contributed by atoms with E-state index < -0.39 is 35.3 Å². The summed E-state index contributed by atoms with van der Waals surface area (Å²) in [5, 5.41) is 24.9. The Morgan fingerprint density at radius 1 is 1.11 bits per heavy atom. The van der Waals surface area contributed by atoms with E-state index in [1.54, 1.807) is 38.1 Å². The molecule has 9 heteroatoms. The van der Waals surface area contributed by atoms with Crippen LogP contribution in [0, 0.1) is 11.8 Å². The van der Waals surface area contributed by atoms with Crippen molar-refractivity contribution < 1.29 is 24.7 Å². The molecule has 0 fully saturated rings. The second kappa shape index (κ2) is 10.0. The van der Waals surface area contributed by atoms with Crippen LogP contribution in [-0.4, -0.2) is 46.7 Å². The van der Waals surface area contributed by atoms with Crippen LogP contribution < -0.4 is 21.8 Å². The Morgan fingerprint density at radius 3 is 2.14 bits per heavy atom. The first-order valence-corrected chi connectivity index (χ1v) is 9.08. The number of anilines is 1. The van der Waals surface area contributed by atoms with Gasteiger partial charge in [-0.05, 0) is 30.0 Å². The van der Waals surface area contributed by atoms with Gasteiger partial charge in [0.1, 0.15) is 6.04 Å². The second-order valence-corrected chi connectivity index (χ2v) is 7.31. The zero-order chi connectivity index (χ0) is 21.5. The number of hydrogen-bond acceptors (Lipinski definition) is 6. The van der Waals surface area contributed by atoms with Crippen molar-refractivity contribution >= 4 is 23.4 Å². The number of rotatable bonds is 9. The molecule has 1 aromatic carbocycles. The summed E-state index contributed by atoms with van der Waals surface area (Å²) in [6.07, 6.45) is 0.139. The lowest BCUT2D eigenvalue weighted by Gasteiger charge is -2.34. The molecule has 1 rings (SSSR count). The molecule has 0 spiro atoms. The van der Waals surface area contributed by atoms with Crippen LogP contribution in [0.1, 0.15) is 32.8 Å². The molecule has 0 aromatic heterocycles. The number of aliphatic hydroxyl groups is 1. The molecule has 0 saturated carbocycles. The van der Waals surface area contributed by atoms with Gasteiger partial charge in [-0.2, -0.15) is 0 Å². The van der Waals surface area contributed by atoms with E-state index in [2.05, 4.69) is 10.6 Å². The third-order valence-electron chi connectivity index (χ3n) is 4.62. The molecule has 156 valence electrons. The van der Waals surface area contributed by atoms with Crippen LogP contribution >= 0.6 is 0 Å². The Balaban J connectivity index is 3.11. The predicted octanol–water partition coefficient (Wildman–Crippen LogP) is -0.0392. The summed E-state index contributed by atoms with van der Waals surface area (Å²) in [6.45, 7) is 4.90. The summed E-state index contributed by atoms with van der Waals surface area (Å²) < 4.78 is 0. The van der Waals surface area contributed by atoms with E-state index >= 15 is 0 Å². The lowest BCUT2D eigenvalue weighted by molar-refractivity contribution is -0.159. The van der Waals surface area contributed by atoms with Crippen molar-refractivity contribution in [1.29, 1.82) is 0 Å². The molecule has 0 aliphatic carbocycles. The van der Waals surface area contributed by atoms with Crippen LogP contribution in [0.25, 0.3) is 0 Å². The molecule has 0 bridgehead atoms. The van der Waals surface area contributed by atoms with Crippen molar-refractivity contribution in [1.82, 2.24) is 16.1 Å². The van der Waals surface area contributed by atoms with Crippen molar-refractivity contribution in [3.63, 3.8) is 0 Å². The standard InChI is InChI=1S/C19H30N4O5/c1-11(2)10-19(27,12(3)16(24)23-28)18(26)22-15(17(25)21-4)9-13-5-7-14(20)8-6-13/h5-8,11-12,15,27-28H,9-10,20H2,1-4H3,(H,21,25)(H,22,26)(H,23,24)/t12-,15+,19+/m1/s1. The van der Waals surface area contributed by atoms with E-state index in [0.29, 0.717) is 5.69 Å². The Morgan fingerprint density at radius 2 is 1.68 bits per heavy atom. The first-order valence-electron chi connectivity index (χ1n) is 9.08. The molecule has 28 heavy (non-hydrogen) atoms. The maximum absolute atomic E-state index is 12.9. The number of nitrogen functional groups attached to an aromatic ring is 1. The fraction of sp³-hybridized carbons (Fsp3) is 0.526. The van der Waals surface area contributed by atoms with Crippen LogP contribution in [-0.2, 0) is 20.8 Å². The van der Waals surface area contributed by atoms with Crippen molar-refractivity contribution in [2.75, 3.05) is 12.8 Å². The number of nitrogens with two attached hydrogens (primary N) is 1. The summed E-state index contributed by atoms with van der Waals surface area (Å²) in [4.78, 5) is 37.0. The Kier molecular flexibility index (Phi) is 8.39. The Hall–Kier alpha value is -2.65. The molecule has 0 radical (unpaired) electrons. The zero-order valence-corrected chi connectivity index (χ0v) is 16.7. The number of amides is 3. The molecule has 0 aliphatic heterocycles. The molecule has 3 atom stereocenters. The number of benzene rings is 1. The number of carbonyl (C=O) groups excluding carboxylic acids is 3. The van der Waals surface area contributed by atoms with Crippen LogP contribution in [0.4, 0.5) is 5.69 Å². The molecule has 0 saturated heterocycles. The van der Waals surface area contributed by atoms with Gasteiger partial charge in [-0.1, -0.05) is 32.9 Å². The van der Waals surface area contributed by atoms with E-state index in [9.17, 15) is 19.5 Å². The summed E-state index contributed by atoms with van der Waals surface area (Å²) in [5.74, 6) is -3.56. The van der Waals surface area contributed by atoms with Gasteiger partial charge in [-0.25, -0.2) is 5.48 Å². The number of hydrogen-bond donors (Lipinski definition) is 6. The quantitative estimate of drug-likeness (QED) is 0.196. The fourth-order valence-corrected chi connectivity index (χ4v) is 2.96. The van der Waals surface area contributed by atoms with Gasteiger partial charge in [-0.3, -0.25) is 19.6 Å². The highest BCUT2D eigenvalue weighted by atomic mass is 16.5. The third kappa shape index (κ3) is 5.93. The van der Waals surface area contributed by atoms with Gasteiger partial charge in [-0.15, -0.1) is 0 Å². The van der Waals surface area contributed by atoms with Crippen LogP contribution in [0.5, 0.6) is 0 Å². The third-order valence-corrected chi connectivity index (χ3v) is 4.62. The molecule has 0 heterocycles. The van der Waals surface area contributed by atoms with Crippen LogP contribution in [0.2, 0.25) is 0 Å². The van der Waals surface area contributed by atoms with Gasteiger partial charge in [0, 0.05) is 19.2 Å². The van der Waals surface area contributed by atoms with Gasteiger partial charge >= 0.3 is 0 Å². The van der Waals surface area contributed by atoms with Crippen molar-refractivity contribution in [3.05, 3.63) is 29.8 Å². The van der Waals surface area contributed by atoms with Crippen LogP contribution in [0.3, 0.4) is 0 Å². The van der Waals surface area contributed by atoms with Gasteiger partial charge in [0.2, 0.25) is 11.8 Å². The minimum Gasteiger partial charge on any atom is -0.399 e.